The lowest BCUT2D eigenvalue weighted by Crippen LogP contribution is -2.31. The summed E-state index contributed by atoms with van der Waals surface area (Å²) in [6.45, 7) is 0.228. The van der Waals surface area contributed by atoms with Crippen molar-refractivity contribution in [2.75, 3.05) is 25.5 Å². The summed E-state index contributed by atoms with van der Waals surface area (Å²) >= 11 is 0. The molecule has 0 radical (unpaired) electrons. The summed E-state index contributed by atoms with van der Waals surface area (Å²) in [5.74, 6) is -1.36. The first-order chi connectivity index (χ1) is 9.41. The predicted molar refractivity (Wildman–Crippen MR) is 74.1 cm³/mol. The Balaban J connectivity index is 2.36. The number of benzene rings is 1. The number of hydrogen-bond donors (Lipinski definition) is 1. The molecular formula is C14H17N3O3. The van der Waals surface area contributed by atoms with Crippen LogP contribution in [0.4, 0.5) is 5.69 Å². The summed E-state index contributed by atoms with van der Waals surface area (Å²) in [4.78, 5) is 38.3. The molecule has 1 heterocycles. The lowest BCUT2D eigenvalue weighted by atomic mass is 10.1. The second-order valence-corrected chi connectivity index (χ2v) is 5.02. The highest BCUT2D eigenvalue weighted by atomic mass is 16.2. The Hall–Kier alpha value is -2.37. The van der Waals surface area contributed by atoms with Crippen molar-refractivity contribution in [3.05, 3.63) is 29.8 Å². The van der Waals surface area contributed by atoms with Crippen LogP contribution >= 0.6 is 0 Å². The maximum atomic E-state index is 12.1. The zero-order chi connectivity index (χ0) is 14.9. The predicted octanol–water partition coefficient (Wildman–Crippen LogP) is 0.227. The number of para-hydroxylation sites is 1. The van der Waals surface area contributed by atoms with E-state index < -0.39 is 11.8 Å². The summed E-state index contributed by atoms with van der Waals surface area (Å²) in [5, 5.41) is 0. The van der Waals surface area contributed by atoms with E-state index in [1.807, 2.05) is 0 Å². The van der Waals surface area contributed by atoms with Crippen molar-refractivity contribution < 1.29 is 14.4 Å². The van der Waals surface area contributed by atoms with E-state index in [1.54, 1.807) is 38.4 Å². The Morgan fingerprint density at radius 3 is 2.50 bits per heavy atom. The molecule has 0 bridgehead atoms. The Kier molecular flexibility index (Phi) is 3.74. The highest BCUT2D eigenvalue weighted by Gasteiger charge is 2.35. The topological polar surface area (TPSA) is 83.7 Å². The molecule has 1 aromatic rings. The maximum Gasteiger partial charge on any atom is 0.255 e. The standard InChI is InChI=1S/C14H17N3O3/c1-16(2)14(20)10-5-3-4-6-11(10)17-8-9(13(15)19)7-12(17)18/h3-6,9H,7-8H2,1-2H3,(H2,15,19). The zero-order valence-corrected chi connectivity index (χ0v) is 11.5. The van der Waals surface area contributed by atoms with Crippen LogP contribution in [0.15, 0.2) is 24.3 Å². The number of nitrogens with two attached hydrogens (primary N) is 1. The molecule has 1 unspecified atom stereocenters. The minimum atomic E-state index is -0.495. The van der Waals surface area contributed by atoms with Crippen LogP contribution in [0.1, 0.15) is 16.8 Å². The van der Waals surface area contributed by atoms with E-state index in [1.165, 1.54) is 9.80 Å². The van der Waals surface area contributed by atoms with Gasteiger partial charge in [-0.1, -0.05) is 12.1 Å². The number of anilines is 1. The molecule has 6 nitrogen and oxygen atoms in total. The third-order valence-electron chi connectivity index (χ3n) is 3.36. The summed E-state index contributed by atoms with van der Waals surface area (Å²) in [6, 6.07) is 6.87. The van der Waals surface area contributed by atoms with Crippen molar-refractivity contribution >= 4 is 23.4 Å². The molecule has 1 aliphatic heterocycles. The Labute approximate surface area is 117 Å². The Bertz CT molecular complexity index is 569. The maximum absolute atomic E-state index is 12.1. The van der Waals surface area contributed by atoms with Gasteiger partial charge in [0.25, 0.3) is 5.91 Å². The van der Waals surface area contributed by atoms with Gasteiger partial charge in [0.15, 0.2) is 0 Å². The average Bonchev–Trinajstić information content (AvgIpc) is 2.80. The van der Waals surface area contributed by atoms with Gasteiger partial charge < -0.3 is 15.5 Å². The van der Waals surface area contributed by atoms with Crippen LogP contribution in [0.25, 0.3) is 0 Å². The molecule has 1 aromatic carbocycles. The number of rotatable bonds is 3. The Morgan fingerprint density at radius 1 is 1.30 bits per heavy atom. The minimum Gasteiger partial charge on any atom is -0.369 e. The fourth-order valence-corrected chi connectivity index (χ4v) is 2.26. The van der Waals surface area contributed by atoms with Crippen LogP contribution in [-0.2, 0) is 9.59 Å². The number of amides is 3. The first kappa shape index (κ1) is 14.0. The number of nitrogens with zero attached hydrogens (tertiary/aromatic N) is 2. The second-order valence-electron chi connectivity index (χ2n) is 5.02. The smallest absolute Gasteiger partial charge is 0.255 e. The van der Waals surface area contributed by atoms with E-state index in [4.69, 9.17) is 5.73 Å². The van der Waals surface area contributed by atoms with Crippen molar-refractivity contribution in [1.82, 2.24) is 4.90 Å². The van der Waals surface area contributed by atoms with Crippen LogP contribution < -0.4 is 10.6 Å². The van der Waals surface area contributed by atoms with Crippen LogP contribution in [0, 0.1) is 5.92 Å². The molecule has 6 heteroatoms. The van der Waals surface area contributed by atoms with Crippen molar-refractivity contribution in [2.24, 2.45) is 11.7 Å². The number of hydrogen-bond acceptors (Lipinski definition) is 3. The first-order valence-electron chi connectivity index (χ1n) is 6.32. The summed E-state index contributed by atoms with van der Waals surface area (Å²) < 4.78 is 0. The van der Waals surface area contributed by atoms with E-state index in [0.717, 1.165) is 0 Å². The van der Waals surface area contributed by atoms with Crippen LogP contribution in [0.5, 0.6) is 0 Å². The molecule has 3 amide bonds. The minimum absolute atomic E-state index is 0.0970. The second kappa shape index (κ2) is 5.32. The van der Waals surface area contributed by atoms with Crippen molar-refractivity contribution in [3.8, 4) is 0 Å². The van der Waals surface area contributed by atoms with Gasteiger partial charge in [-0.25, -0.2) is 0 Å². The molecule has 20 heavy (non-hydrogen) atoms. The highest BCUT2D eigenvalue weighted by Crippen LogP contribution is 2.28. The fraction of sp³-hybridized carbons (Fsp3) is 0.357. The van der Waals surface area contributed by atoms with Gasteiger partial charge in [0.2, 0.25) is 11.8 Å². The van der Waals surface area contributed by atoms with E-state index >= 15 is 0 Å². The quantitative estimate of drug-likeness (QED) is 0.857. The summed E-state index contributed by atoms with van der Waals surface area (Å²) in [6.07, 6.45) is 0.0970. The molecule has 1 aliphatic rings. The third kappa shape index (κ3) is 2.49. The Morgan fingerprint density at radius 2 is 1.95 bits per heavy atom. The summed E-state index contributed by atoms with van der Waals surface area (Å²) in [5.41, 5.74) is 6.22. The molecule has 1 fully saturated rings. The molecular weight excluding hydrogens is 258 g/mol. The van der Waals surface area contributed by atoms with Crippen molar-refractivity contribution in [3.63, 3.8) is 0 Å². The van der Waals surface area contributed by atoms with Crippen LogP contribution in [-0.4, -0.2) is 43.3 Å². The average molecular weight is 275 g/mol. The van der Waals surface area contributed by atoms with E-state index in [2.05, 4.69) is 0 Å². The lowest BCUT2D eigenvalue weighted by molar-refractivity contribution is -0.123. The van der Waals surface area contributed by atoms with Gasteiger partial charge in [-0.15, -0.1) is 0 Å². The van der Waals surface area contributed by atoms with E-state index in [9.17, 15) is 14.4 Å². The molecule has 0 spiro atoms. The van der Waals surface area contributed by atoms with E-state index in [0.29, 0.717) is 11.3 Å². The SMILES string of the molecule is CN(C)C(=O)c1ccccc1N1CC(C(N)=O)CC1=O. The normalized spacial score (nSPS) is 18.2. The van der Waals surface area contributed by atoms with Gasteiger partial charge >= 0.3 is 0 Å². The summed E-state index contributed by atoms with van der Waals surface area (Å²) in [7, 11) is 3.30. The van der Waals surface area contributed by atoms with Gasteiger partial charge in [0.05, 0.1) is 17.2 Å². The van der Waals surface area contributed by atoms with Crippen molar-refractivity contribution in [1.29, 1.82) is 0 Å². The van der Waals surface area contributed by atoms with Gasteiger partial charge in [0.1, 0.15) is 0 Å². The third-order valence-corrected chi connectivity index (χ3v) is 3.36. The van der Waals surface area contributed by atoms with Crippen LogP contribution in [0.2, 0.25) is 0 Å². The highest BCUT2D eigenvalue weighted by molar-refractivity contribution is 6.06. The van der Waals surface area contributed by atoms with Gasteiger partial charge in [-0.3, -0.25) is 14.4 Å². The van der Waals surface area contributed by atoms with Crippen molar-refractivity contribution in [2.45, 2.75) is 6.42 Å². The van der Waals surface area contributed by atoms with Gasteiger partial charge in [-0.05, 0) is 12.1 Å². The number of primary amides is 1. The molecule has 2 rings (SSSR count). The zero-order valence-electron chi connectivity index (χ0n) is 11.5. The van der Waals surface area contributed by atoms with E-state index in [-0.39, 0.29) is 24.8 Å². The number of carbonyl (C=O) groups is 3. The monoisotopic (exact) mass is 275 g/mol. The first-order valence-corrected chi connectivity index (χ1v) is 6.32. The molecule has 0 aliphatic carbocycles. The molecule has 0 saturated carbocycles. The van der Waals surface area contributed by atoms with Crippen LogP contribution in [0.3, 0.4) is 0 Å². The molecule has 106 valence electrons. The molecule has 1 atom stereocenters. The van der Waals surface area contributed by atoms with Gasteiger partial charge in [0, 0.05) is 27.1 Å². The largest absolute Gasteiger partial charge is 0.369 e. The molecule has 2 N–H and O–H groups in total. The number of carbonyl (C=O) groups excluding carboxylic acids is 3. The molecule has 1 saturated heterocycles. The van der Waals surface area contributed by atoms with Gasteiger partial charge in [-0.2, -0.15) is 0 Å². The fourth-order valence-electron chi connectivity index (χ4n) is 2.26. The molecule has 0 aromatic heterocycles. The lowest BCUT2D eigenvalue weighted by Gasteiger charge is -2.21.